The molecule has 5 nitrogen and oxygen atoms in total. The van der Waals surface area contributed by atoms with Gasteiger partial charge in [0.1, 0.15) is 11.6 Å². The molecular weight excluding hydrogens is 318 g/mol. The van der Waals surface area contributed by atoms with E-state index >= 15 is 0 Å². The lowest BCUT2D eigenvalue weighted by Crippen LogP contribution is -2.34. The summed E-state index contributed by atoms with van der Waals surface area (Å²) in [4.78, 5) is 35.2. The highest BCUT2D eigenvalue weighted by molar-refractivity contribution is 5.88. The second-order valence-electron chi connectivity index (χ2n) is 6.56. The Kier molecular flexibility index (Phi) is 4.74. The Balaban J connectivity index is 2.00. The van der Waals surface area contributed by atoms with E-state index < -0.39 is 4.92 Å². The summed E-state index contributed by atoms with van der Waals surface area (Å²) < 4.78 is 0. The maximum atomic E-state index is 12.4. The van der Waals surface area contributed by atoms with Crippen LogP contribution in [-0.4, -0.2) is 16.5 Å². The first-order valence-electron chi connectivity index (χ1n) is 8.29. The molecule has 3 unspecified atom stereocenters. The van der Waals surface area contributed by atoms with Crippen molar-refractivity contribution in [2.75, 3.05) is 0 Å². The Morgan fingerprint density at radius 3 is 1.96 bits per heavy atom. The van der Waals surface area contributed by atoms with E-state index in [0.717, 1.165) is 11.1 Å². The van der Waals surface area contributed by atoms with Gasteiger partial charge in [0.2, 0.25) is 0 Å². The van der Waals surface area contributed by atoms with Gasteiger partial charge in [-0.25, -0.2) is 0 Å². The topological polar surface area (TPSA) is 77.3 Å². The Labute approximate surface area is 145 Å². The smallest absolute Gasteiger partial charge is 0.269 e. The molecule has 3 atom stereocenters. The predicted octanol–water partition coefficient (Wildman–Crippen LogP) is 4.03. The third-order valence-corrected chi connectivity index (χ3v) is 4.99. The number of rotatable bonds is 4. The molecule has 0 bridgehead atoms. The molecule has 5 heteroatoms. The van der Waals surface area contributed by atoms with Gasteiger partial charge in [0.25, 0.3) is 5.69 Å². The van der Waals surface area contributed by atoms with Crippen LogP contribution in [-0.2, 0) is 9.59 Å². The van der Waals surface area contributed by atoms with Crippen molar-refractivity contribution in [1.82, 2.24) is 0 Å². The zero-order valence-electron chi connectivity index (χ0n) is 13.9. The molecule has 0 N–H and O–H groups in total. The van der Waals surface area contributed by atoms with Crippen LogP contribution in [0, 0.1) is 16.0 Å². The summed E-state index contributed by atoms with van der Waals surface area (Å²) in [6.45, 7) is 1.56. The molecule has 25 heavy (non-hydrogen) atoms. The van der Waals surface area contributed by atoms with Crippen molar-refractivity contribution < 1.29 is 14.5 Å². The van der Waals surface area contributed by atoms with Crippen LogP contribution in [0.4, 0.5) is 5.69 Å². The quantitative estimate of drug-likeness (QED) is 0.623. The van der Waals surface area contributed by atoms with Crippen LogP contribution in [0.1, 0.15) is 42.7 Å². The van der Waals surface area contributed by atoms with Crippen LogP contribution in [0.15, 0.2) is 54.6 Å². The van der Waals surface area contributed by atoms with Crippen LogP contribution in [0.5, 0.6) is 0 Å². The van der Waals surface area contributed by atoms with Gasteiger partial charge in [-0.1, -0.05) is 42.5 Å². The molecule has 0 saturated heterocycles. The first-order valence-corrected chi connectivity index (χ1v) is 8.29. The van der Waals surface area contributed by atoms with E-state index in [4.69, 9.17) is 0 Å². The summed E-state index contributed by atoms with van der Waals surface area (Å²) in [5.74, 6) is -0.536. The molecule has 128 valence electrons. The number of hydrogen-bond donors (Lipinski definition) is 0. The molecule has 3 rings (SSSR count). The summed E-state index contributed by atoms with van der Waals surface area (Å²) in [5, 5.41) is 10.8. The molecule has 0 amide bonds. The van der Waals surface area contributed by atoms with Crippen molar-refractivity contribution in [2.45, 2.75) is 31.6 Å². The van der Waals surface area contributed by atoms with Gasteiger partial charge in [-0.15, -0.1) is 0 Å². The summed E-state index contributed by atoms with van der Waals surface area (Å²) in [5.41, 5.74) is 1.80. The Hall–Kier alpha value is -2.82. The van der Waals surface area contributed by atoms with Crippen molar-refractivity contribution in [2.24, 2.45) is 5.92 Å². The molecule has 2 aromatic rings. The third-order valence-electron chi connectivity index (χ3n) is 4.99. The molecule has 2 aromatic carbocycles. The van der Waals surface area contributed by atoms with Crippen molar-refractivity contribution in [3.05, 3.63) is 75.8 Å². The average molecular weight is 337 g/mol. The number of Topliss-reactive ketones (excluding diaryl/α,β-unsaturated/α-hetero) is 2. The minimum Gasteiger partial charge on any atom is -0.300 e. The van der Waals surface area contributed by atoms with Gasteiger partial charge in [0, 0.05) is 42.7 Å². The zero-order valence-corrected chi connectivity index (χ0v) is 13.9. The molecule has 1 aliphatic rings. The fourth-order valence-corrected chi connectivity index (χ4v) is 3.87. The van der Waals surface area contributed by atoms with Crippen LogP contribution < -0.4 is 0 Å². The number of nitro groups is 1. The Morgan fingerprint density at radius 1 is 0.960 bits per heavy atom. The Morgan fingerprint density at radius 2 is 1.48 bits per heavy atom. The first-order chi connectivity index (χ1) is 12.0. The van der Waals surface area contributed by atoms with E-state index in [2.05, 4.69) is 0 Å². The fourth-order valence-electron chi connectivity index (χ4n) is 3.87. The molecular formula is C20H19NO4. The van der Waals surface area contributed by atoms with Gasteiger partial charge >= 0.3 is 0 Å². The predicted molar refractivity (Wildman–Crippen MR) is 93.4 cm³/mol. The van der Waals surface area contributed by atoms with Crippen LogP contribution in [0.25, 0.3) is 0 Å². The Bertz CT molecular complexity index is 798. The van der Waals surface area contributed by atoms with Gasteiger partial charge in [0.15, 0.2) is 0 Å². The molecule has 1 fully saturated rings. The molecule has 1 aliphatic carbocycles. The van der Waals surface area contributed by atoms with Crippen LogP contribution in [0.2, 0.25) is 0 Å². The van der Waals surface area contributed by atoms with Crippen LogP contribution in [0.3, 0.4) is 0 Å². The first kappa shape index (κ1) is 17.0. The maximum Gasteiger partial charge on any atom is 0.269 e. The van der Waals surface area contributed by atoms with E-state index in [1.165, 1.54) is 12.1 Å². The zero-order chi connectivity index (χ0) is 18.0. The number of carbonyl (C=O) groups is 2. The number of ketones is 2. The van der Waals surface area contributed by atoms with Gasteiger partial charge < -0.3 is 0 Å². The average Bonchev–Trinajstić information content (AvgIpc) is 2.61. The largest absolute Gasteiger partial charge is 0.300 e. The van der Waals surface area contributed by atoms with E-state index in [1.54, 1.807) is 19.1 Å². The highest BCUT2D eigenvalue weighted by Crippen LogP contribution is 2.45. The van der Waals surface area contributed by atoms with E-state index in [0.29, 0.717) is 12.8 Å². The number of benzene rings is 2. The van der Waals surface area contributed by atoms with Gasteiger partial charge in [-0.3, -0.25) is 19.7 Å². The van der Waals surface area contributed by atoms with Crippen LogP contribution >= 0.6 is 0 Å². The van der Waals surface area contributed by atoms with Crippen molar-refractivity contribution in [3.63, 3.8) is 0 Å². The summed E-state index contributed by atoms with van der Waals surface area (Å²) >= 11 is 0. The maximum absolute atomic E-state index is 12.4. The summed E-state index contributed by atoms with van der Waals surface area (Å²) in [6, 6.07) is 15.8. The fraction of sp³-hybridized carbons (Fsp3) is 0.300. The summed E-state index contributed by atoms with van der Waals surface area (Å²) in [7, 11) is 0. The minimum absolute atomic E-state index is 0.00451. The molecule has 0 aromatic heterocycles. The second-order valence-corrected chi connectivity index (χ2v) is 6.56. The SMILES string of the molecule is CC(=O)C1C(c2ccccc2)CC(=O)CC1c1ccc([N+](=O)[O-])cc1. The molecule has 0 heterocycles. The number of carbonyl (C=O) groups excluding carboxylic acids is 2. The third kappa shape index (κ3) is 3.50. The van der Waals surface area contributed by atoms with Crippen molar-refractivity contribution in [1.29, 1.82) is 0 Å². The lowest BCUT2D eigenvalue weighted by atomic mass is 9.65. The number of hydrogen-bond acceptors (Lipinski definition) is 4. The number of nitrogens with zero attached hydrogens (tertiary/aromatic N) is 1. The van der Waals surface area contributed by atoms with Crippen molar-refractivity contribution in [3.8, 4) is 0 Å². The monoisotopic (exact) mass is 337 g/mol. The molecule has 0 radical (unpaired) electrons. The van der Waals surface area contributed by atoms with E-state index in [9.17, 15) is 19.7 Å². The van der Waals surface area contributed by atoms with E-state index in [-0.39, 0.29) is 35.0 Å². The minimum atomic E-state index is -0.453. The van der Waals surface area contributed by atoms with Gasteiger partial charge in [0.05, 0.1) is 4.92 Å². The highest BCUT2D eigenvalue weighted by Gasteiger charge is 2.41. The normalized spacial score (nSPS) is 23.2. The number of nitro benzene ring substituents is 1. The molecule has 0 spiro atoms. The van der Waals surface area contributed by atoms with Gasteiger partial charge in [-0.2, -0.15) is 0 Å². The summed E-state index contributed by atoms with van der Waals surface area (Å²) in [6.07, 6.45) is 0.656. The highest BCUT2D eigenvalue weighted by atomic mass is 16.6. The molecule has 0 aliphatic heterocycles. The standard InChI is InChI=1S/C20H19NO4/c1-13(22)20-18(14-5-3-2-4-6-14)11-17(23)12-19(20)15-7-9-16(10-8-15)21(24)25/h2-10,18-20H,11-12H2,1H3. The molecule has 1 saturated carbocycles. The van der Waals surface area contributed by atoms with Gasteiger partial charge in [-0.05, 0) is 18.1 Å². The lowest BCUT2D eigenvalue weighted by molar-refractivity contribution is -0.384. The van der Waals surface area contributed by atoms with Crippen molar-refractivity contribution >= 4 is 17.3 Å². The van der Waals surface area contributed by atoms with E-state index in [1.807, 2.05) is 30.3 Å². The second kappa shape index (κ2) is 6.97. The lowest BCUT2D eigenvalue weighted by Gasteiger charge is -2.36. The number of non-ortho nitro benzene ring substituents is 1.